The van der Waals surface area contributed by atoms with E-state index < -0.39 is 18.0 Å². The van der Waals surface area contributed by atoms with Crippen molar-refractivity contribution < 1.29 is 14.6 Å². The Hall–Kier alpha value is -1.61. The molecule has 3 heteroatoms. The van der Waals surface area contributed by atoms with Crippen molar-refractivity contribution in [1.82, 2.24) is 0 Å². The van der Waals surface area contributed by atoms with Crippen LogP contribution in [0.2, 0.25) is 0 Å². The third-order valence-electron chi connectivity index (χ3n) is 2.37. The van der Waals surface area contributed by atoms with Gasteiger partial charge >= 0.3 is 5.97 Å². The van der Waals surface area contributed by atoms with Crippen molar-refractivity contribution in [2.75, 3.05) is 7.11 Å². The maximum atomic E-state index is 11.1. The van der Waals surface area contributed by atoms with Crippen LogP contribution in [0.3, 0.4) is 0 Å². The van der Waals surface area contributed by atoms with Crippen LogP contribution in [0.5, 0.6) is 0 Å². The molecule has 86 valence electrons. The molecule has 1 rings (SSSR count). The van der Waals surface area contributed by atoms with Crippen molar-refractivity contribution in [3.63, 3.8) is 0 Å². The molecule has 0 bridgehead atoms. The molecule has 0 amide bonds. The fourth-order valence-electron chi connectivity index (χ4n) is 1.27. The van der Waals surface area contributed by atoms with Gasteiger partial charge in [-0.25, -0.2) is 0 Å². The Kier molecular flexibility index (Phi) is 4.73. The van der Waals surface area contributed by atoms with Crippen LogP contribution in [0.1, 0.15) is 12.5 Å². The number of benzene rings is 1. The topological polar surface area (TPSA) is 46.5 Å². The Bertz CT molecular complexity index is 357. The molecule has 0 saturated carbocycles. The highest BCUT2D eigenvalue weighted by Crippen LogP contribution is 2.09. The fraction of sp³-hybridized carbons (Fsp3) is 0.308. The molecule has 1 aromatic carbocycles. The molecule has 2 atom stereocenters. The quantitative estimate of drug-likeness (QED) is 0.788. The predicted molar refractivity (Wildman–Crippen MR) is 62.7 cm³/mol. The summed E-state index contributed by atoms with van der Waals surface area (Å²) >= 11 is 0. The molecule has 0 aromatic heterocycles. The molecule has 0 aliphatic heterocycles. The number of carbonyl (C=O) groups is 1. The summed E-state index contributed by atoms with van der Waals surface area (Å²) in [6, 6.07) is 9.59. The number of hydrogen-bond acceptors (Lipinski definition) is 3. The number of methoxy groups -OCH3 is 1. The van der Waals surface area contributed by atoms with Gasteiger partial charge in [-0.2, -0.15) is 0 Å². The molecule has 0 aliphatic rings. The second-order valence-electron chi connectivity index (χ2n) is 3.57. The van der Waals surface area contributed by atoms with Crippen molar-refractivity contribution in [1.29, 1.82) is 0 Å². The van der Waals surface area contributed by atoms with E-state index in [9.17, 15) is 9.90 Å². The van der Waals surface area contributed by atoms with Crippen molar-refractivity contribution in [3.05, 3.63) is 42.0 Å². The zero-order chi connectivity index (χ0) is 12.0. The van der Waals surface area contributed by atoms with Crippen molar-refractivity contribution >= 4 is 12.0 Å². The summed E-state index contributed by atoms with van der Waals surface area (Å²) in [5.74, 6) is -0.963. The first-order chi connectivity index (χ1) is 7.65. The van der Waals surface area contributed by atoms with Gasteiger partial charge in [-0.15, -0.1) is 0 Å². The first-order valence-corrected chi connectivity index (χ1v) is 5.14. The standard InChI is InChI=1S/C13H16O3/c1-10(13(15)16-2)12(14)9-8-11-6-4-3-5-7-11/h3-10,12,14H,1-2H3/b9-8+. The van der Waals surface area contributed by atoms with E-state index in [4.69, 9.17) is 0 Å². The first-order valence-electron chi connectivity index (χ1n) is 5.14. The molecular weight excluding hydrogens is 204 g/mol. The number of esters is 1. The van der Waals surface area contributed by atoms with Gasteiger partial charge < -0.3 is 9.84 Å². The second kappa shape index (κ2) is 6.08. The molecule has 0 heterocycles. The molecule has 1 aromatic rings. The number of carbonyl (C=O) groups excluding carboxylic acids is 1. The number of ether oxygens (including phenoxy) is 1. The van der Waals surface area contributed by atoms with E-state index >= 15 is 0 Å². The average molecular weight is 220 g/mol. The zero-order valence-corrected chi connectivity index (χ0v) is 9.46. The highest BCUT2D eigenvalue weighted by molar-refractivity contribution is 5.73. The number of aliphatic hydroxyl groups excluding tert-OH is 1. The van der Waals surface area contributed by atoms with Gasteiger partial charge in [-0.1, -0.05) is 42.5 Å². The summed E-state index contributed by atoms with van der Waals surface area (Å²) < 4.78 is 4.55. The van der Waals surface area contributed by atoms with Gasteiger partial charge in [0.25, 0.3) is 0 Å². The summed E-state index contributed by atoms with van der Waals surface area (Å²) in [7, 11) is 1.31. The summed E-state index contributed by atoms with van der Waals surface area (Å²) in [5, 5.41) is 9.69. The van der Waals surface area contributed by atoms with E-state index in [0.29, 0.717) is 0 Å². The second-order valence-corrected chi connectivity index (χ2v) is 3.57. The van der Waals surface area contributed by atoms with E-state index in [0.717, 1.165) is 5.56 Å². The molecule has 0 aliphatic carbocycles. The van der Waals surface area contributed by atoms with E-state index in [-0.39, 0.29) is 0 Å². The van der Waals surface area contributed by atoms with Gasteiger partial charge in [-0.05, 0) is 12.5 Å². The first kappa shape index (κ1) is 12.5. The van der Waals surface area contributed by atoms with E-state index in [2.05, 4.69) is 4.74 Å². The third-order valence-corrected chi connectivity index (χ3v) is 2.37. The molecule has 16 heavy (non-hydrogen) atoms. The molecule has 2 unspecified atom stereocenters. The van der Waals surface area contributed by atoms with Gasteiger partial charge in [0.15, 0.2) is 0 Å². The Balaban J connectivity index is 2.61. The lowest BCUT2D eigenvalue weighted by Gasteiger charge is -2.12. The van der Waals surface area contributed by atoms with Gasteiger partial charge in [0.2, 0.25) is 0 Å². The molecule has 0 saturated heterocycles. The Morgan fingerprint density at radius 2 is 2.00 bits per heavy atom. The van der Waals surface area contributed by atoms with Gasteiger partial charge in [0.05, 0.1) is 19.1 Å². The van der Waals surface area contributed by atoms with Crippen LogP contribution in [0.4, 0.5) is 0 Å². The Morgan fingerprint density at radius 1 is 1.38 bits per heavy atom. The number of rotatable bonds is 4. The smallest absolute Gasteiger partial charge is 0.311 e. The normalized spacial score (nSPS) is 14.7. The molecule has 3 nitrogen and oxygen atoms in total. The van der Waals surface area contributed by atoms with Crippen LogP contribution in [0.15, 0.2) is 36.4 Å². The van der Waals surface area contributed by atoms with E-state index in [1.54, 1.807) is 19.1 Å². The Morgan fingerprint density at radius 3 is 2.56 bits per heavy atom. The lowest BCUT2D eigenvalue weighted by Crippen LogP contribution is -2.24. The van der Waals surface area contributed by atoms with Crippen LogP contribution in [-0.2, 0) is 9.53 Å². The van der Waals surface area contributed by atoms with Gasteiger partial charge in [0.1, 0.15) is 0 Å². The maximum Gasteiger partial charge on any atom is 0.311 e. The maximum absolute atomic E-state index is 11.1. The highest BCUT2D eigenvalue weighted by Gasteiger charge is 2.19. The largest absolute Gasteiger partial charge is 0.469 e. The van der Waals surface area contributed by atoms with E-state index in [1.165, 1.54) is 7.11 Å². The minimum absolute atomic E-state index is 0.412. The number of hydrogen-bond donors (Lipinski definition) is 1. The minimum Gasteiger partial charge on any atom is -0.469 e. The van der Waals surface area contributed by atoms with Crippen molar-refractivity contribution in [2.24, 2.45) is 5.92 Å². The molecule has 0 radical (unpaired) electrons. The summed E-state index contributed by atoms with van der Waals surface area (Å²) in [5.41, 5.74) is 0.985. The predicted octanol–water partition coefficient (Wildman–Crippen LogP) is 1.87. The Labute approximate surface area is 95.4 Å². The lowest BCUT2D eigenvalue weighted by atomic mass is 10.0. The average Bonchev–Trinajstić information content (AvgIpc) is 2.35. The molecule has 1 N–H and O–H groups in total. The lowest BCUT2D eigenvalue weighted by molar-refractivity contribution is -0.147. The van der Waals surface area contributed by atoms with E-state index in [1.807, 2.05) is 30.3 Å². The summed E-state index contributed by atoms with van der Waals surface area (Å²) in [6.07, 6.45) is 2.55. The zero-order valence-electron chi connectivity index (χ0n) is 9.46. The van der Waals surface area contributed by atoms with Gasteiger partial charge in [-0.3, -0.25) is 4.79 Å². The number of aliphatic hydroxyl groups is 1. The van der Waals surface area contributed by atoms with Gasteiger partial charge in [0, 0.05) is 0 Å². The molecular formula is C13H16O3. The van der Waals surface area contributed by atoms with Crippen molar-refractivity contribution in [2.45, 2.75) is 13.0 Å². The fourth-order valence-corrected chi connectivity index (χ4v) is 1.27. The van der Waals surface area contributed by atoms with Crippen molar-refractivity contribution in [3.8, 4) is 0 Å². The van der Waals surface area contributed by atoms with Crippen LogP contribution < -0.4 is 0 Å². The summed E-state index contributed by atoms with van der Waals surface area (Å²) in [4.78, 5) is 11.1. The SMILES string of the molecule is COC(=O)C(C)C(O)/C=C/c1ccccc1. The van der Waals surface area contributed by atoms with Crippen LogP contribution in [0.25, 0.3) is 6.08 Å². The minimum atomic E-state index is -0.826. The van der Waals surface area contributed by atoms with Crippen LogP contribution >= 0.6 is 0 Å². The van der Waals surface area contributed by atoms with Crippen LogP contribution in [-0.4, -0.2) is 24.3 Å². The molecule has 0 fully saturated rings. The summed E-state index contributed by atoms with van der Waals surface area (Å²) in [6.45, 7) is 1.63. The van der Waals surface area contributed by atoms with Crippen LogP contribution in [0, 0.1) is 5.92 Å². The third kappa shape index (κ3) is 3.51. The molecule has 0 spiro atoms. The monoisotopic (exact) mass is 220 g/mol. The highest BCUT2D eigenvalue weighted by atomic mass is 16.5.